The maximum absolute atomic E-state index is 11.8. The second kappa shape index (κ2) is 9.90. The highest BCUT2D eigenvalue weighted by Crippen LogP contribution is 2.17. The number of hydrogen-bond donors (Lipinski definition) is 1. The summed E-state index contributed by atoms with van der Waals surface area (Å²) in [5.74, 6) is 0.0689. The number of ether oxygens (including phenoxy) is 1. The van der Waals surface area contributed by atoms with Gasteiger partial charge >= 0.3 is 5.97 Å². The maximum Gasteiger partial charge on any atom is 0.316 e. The Morgan fingerprint density at radius 2 is 1.96 bits per heavy atom. The summed E-state index contributed by atoms with van der Waals surface area (Å²) >= 11 is 9.44. The number of carbonyl (C=O) groups excluding carboxylic acids is 2. The monoisotopic (exact) mass is 475 g/mol. The first-order valence-corrected chi connectivity index (χ1v) is 9.68. The first-order chi connectivity index (χ1) is 11.5. The number of esters is 1. The topological polar surface area (TPSA) is 55.4 Å². The molecule has 0 aromatic heterocycles. The summed E-state index contributed by atoms with van der Waals surface area (Å²) in [6, 6.07) is 14.9. The molecule has 0 radical (unpaired) electrons. The molecule has 126 valence electrons. The number of thioether (sulfide) groups is 1. The highest BCUT2D eigenvalue weighted by Gasteiger charge is 2.09. The van der Waals surface area contributed by atoms with E-state index in [-0.39, 0.29) is 18.3 Å². The molecule has 4 nitrogen and oxygen atoms in total. The van der Waals surface area contributed by atoms with E-state index >= 15 is 0 Å². The van der Waals surface area contributed by atoms with Gasteiger partial charge in [-0.05, 0) is 52.4 Å². The molecule has 0 saturated heterocycles. The van der Waals surface area contributed by atoms with Gasteiger partial charge in [0.05, 0.1) is 11.4 Å². The fourth-order valence-electron chi connectivity index (χ4n) is 1.82. The summed E-state index contributed by atoms with van der Waals surface area (Å²) in [6.07, 6.45) is 0. The number of rotatable bonds is 7. The van der Waals surface area contributed by atoms with E-state index in [9.17, 15) is 9.59 Å². The molecule has 2 aromatic carbocycles. The van der Waals surface area contributed by atoms with Crippen LogP contribution in [0.2, 0.25) is 5.02 Å². The Bertz CT molecular complexity index is 726. The third-order valence-corrected chi connectivity index (χ3v) is 5.04. The second-order valence-corrected chi connectivity index (χ2v) is 7.40. The Labute approximate surface area is 163 Å². The lowest BCUT2D eigenvalue weighted by atomic mass is 10.2. The van der Waals surface area contributed by atoms with Gasteiger partial charge in [-0.2, -0.15) is 0 Å². The highest BCUT2D eigenvalue weighted by atomic mass is 127. The Morgan fingerprint density at radius 3 is 2.71 bits per heavy atom. The van der Waals surface area contributed by atoms with E-state index in [2.05, 4.69) is 27.9 Å². The van der Waals surface area contributed by atoms with Crippen molar-refractivity contribution in [3.63, 3.8) is 0 Å². The van der Waals surface area contributed by atoms with E-state index in [1.165, 1.54) is 11.8 Å². The van der Waals surface area contributed by atoms with Gasteiger partial charge in [-0.25, -0.2) is 0 Å². The van der Waals surface area contributed by atoms with Gasteiger partial charge in [0.25, 0.3) is 5.91 Å². The molecule has 0 spiro atoms. The van der Waals surface area contributed by atoms with Crippen LogP contribution in [0.3, 0.4) is 0 Å². The minimum absolute atomic E-state index is 0.183. The number of halogens is 2. The highest BCUT2D eigenvalue weighted by molar-refractivity contribution is 14.1. The van der Waals surface area contributed by atoms with Crippen molar-refractivity contribution in [2.75, 3.05) is 17.7 Å². The number of carbonyl (C=O) groups is 2. The van der Waals surface area contributed by atoms with Crippen LogP contribution in [0.15, 0.2) is 48.5 Å². The van der Waals surface area contributed by atoms with Crippen molar-refractivity contribution in [3.05, 3.63) is 62.7 Å². The summed E-state index contributed by atoms with van der Waals surface area (Å²) in [5, 5.41) is 3.38. The molecule has 0 aliphatic heterocycles. The smallest absolute Gasteiger partial charge is 0.316 e. The average Bonchev–Trinajstić information content (AvgIpc) is 2.55. The first-order valence-electron chi connectivity index (χ1n) is 7.07. The van der Waals surface area contributed by atoms with Crippen molar-refractivity contribution in [2.45, 2.75) is 5.75 Å². The van der Waals surface area contributed by atoms with E-state index in [0.717, 1.165) is 9.13 Å². The number of hydrogen-bond acceptors (Lipinski definition) is 4. The molecular formula is C17H15ClINO3S. The minimum atomic E-state index is -0.417. The molecule has 0 atom stereocenters. The Morgan fingerprint density at radius 1 is 1.17 bits per heavy atom. The van der Waals surface area contributed by atoms with Gasteiger partial charge in [0.2, 0.25) is 0 Å². The molecular weight excluding hydrogens is 461 g/mol. The van der Waals surface area contributed by atoms with E-state index in [1.807, 2.05) is 36.4 Å². The van der Waals surface area contributed by atoms with Crippen LogP contribution < -0.4 is 5.32 Å². The largest absolute Gasteiger partial charge is 0.455 e. The van der Waals surface area contributed by atoms with Crippen LogP contribution in [0, 0.1) is 3.57 Å². The molecule has 24 heavy (non-hydrogen) atoms. The zero-order chi connectivity index (χ0) is 17.4. The van der Waals surface area contributed by atoms with Crippen molar-refractivity contribution >= 4 is 63.5 Å². The third-order valence-electron chi connectivity index (χ3n) is 2.89. The van der Waals surface area contributed by atoms with Crippen LogP contribution in [0.1, 0.15) is 5.56 Å². The number of benzene rings is 2. The lowest BCUT2D eigenvalue weighted by Gasteiger charge is -2.08. The summed E-state index contributed by atoms with van der Waals surface area (Å²) in [4.78, 5) is 23.5. The zero-order valence-corrected chi connectivity index (χ0v) is 16.4. The van der Waals surface area contributed by atoms with Gasteiger partial charge in [-0.1, -0.05) is 35.9 Å². The SMILES string of the molecule is O=C(COC(=O)CSCc1cccc(Cl)c1)Nc1ccccc1I. The summed E-state index contributed by atoms with van der Waals surface area (Å²) in [5.41, 5.74) is 1.74. The van der Waals surface area contributed by atoms with Crippen molar-refractivity contribution in [2.24, 2.45) is 0 Å². The number of nitrogens with one attached hydrogen (secondary N) is 1. The van der Waals surface area contributed by atoms with Crippen LogP contribution >= 0.6 is 46.0 Å². The van der Waals surface area contributed by atoms with Crippen molar-refractivity contribution in [1.82, 2.24) is 0 Å². The van der Waals surface area contributed by atoms with Gasteiger partial charge in [0.15, 0.2) is 6.61 Å². The van der Waals surface area contributed by atoms with Crippen LogP contribution in [0.25, 0.3) is 0 Å². The predicted octanol–water partition coefficient (Wildman–Crippen LogP) is 4.36. The van der Waals surface area contributed by atoms with Gasteiger partial charge in [-0.3, -0.25) is 9.59 Å². The zero-order valence-electron chi connectivity index (χ0n) is 12.6. The molecule has 2 rings (SSSR count). The molecule has 0 aliphatic rings. The van der Waals surface area contributed by atoms with Crippen LogP contribution in [-0.2, 0) is 20.1 Å². The lowest BCUT2D eigenvalue weighted by Crippen LogP contribution is -2.22. The molecule has 0 fully saturated rings. The quantitative estimate of drug-likeness (QED) is 0.478. The van der Waals surface area contributed by atoms with Gasteiger partial charge < -0.3 is 10.1 Å². The molecule has 0 aliphatic carbocycles. The molecule has 0 unspecified atom stereocenters. The first kappa shape index (κ1) is 19.1. The van der Waals surface area contributed by atoms with E-state index in [4.69, 9.17) is 16.3 Å². The van der Waals surface area contributed by atoms with E-state index < -0.39 is 5.97 Å². The molecule has 0 heterocycles. The third kappa shape index (κ3) is 6.70. The molecule has 1 amide bonds. The van der Waals surface area contributed by atoms with Gasteiger partial charge in [0.1, 0.15) is 0 Å². The summed E-state index contributed by atoms with van der Waals surface area (Å²) in [6.45, 7) is -0.290. The van der Waals surface area contributed by atoms with Crippen molar-refractivity contribution in [3.8, 4) is 0 Å². The number of para-hydroxylation sites is 1. The molecule has 1 N–H and O–H groups in total. The number of amides is 1. The maximum atomic E-state index is 11.8. The fraction of sp³-hybridized carbons (Fsp3) is 0.176. The van der Waals surface area contributed by atoms with Crippen LogP contribution in [-0.4, -0.2) is 24.2 Å². The van der Waals surface area contributed by atoms with Crippen LogP contribution in [0.4, 0.5) is 5.69 Å². The second-order valence-electron chi connectivity index (χ2n) is 4.81. The fourth-order valence-corrected chi connectivity index (χ4v) is 3.32. The Balaban J connectivity index is 1.67. The molecule has 2 aromatic rings. The lowest BCUT2D eigenvalue weighted by molar-refractivity contribution is -0.144. The van der Waals surface area contributed by atoms with E-state index in [0.29, 0.717) is 16.5 Å². The molecule has 0 bridgehead atoms. The molecule has 0 saturated carbocycles. The summed E-state index contributed by atoms with van der Waals surface area (Å²) < 4.78 is 5.90. The van der Waals surface area contributed by atoms with Gasteiger partial charge in [0, 0.05) is 14.3 Å². The van der Waals surface area contributed by atoms with E-state index in [1.54, 1.807) is 12.1 Å². The van der Waals surface area contributed by atoms with Gasteiger partial charge in [-0.15, -0.1) is 11.8 Å². The average molecular weight is 476 g/mol. The minimum Gasteiger partial charge on any atom is -0.455 e. The standard InChI is InChI=1S/C17H15ClINO3S/c18-13-5-3-4-12(8-13)10-24-11-17(22)23-9-16(21)20-15-7-2-1-6-14(15)19/h1-8H,9-11H2,(H,20,21). The summed E-state index contributed by atoms with van der Waals surface area (Å²) in [7, 11) is 0. The predicted molar refractivity (Wildman–Crippen MR) is 106 cm³/mol. The van der Waals surface area contributed by atoms with Crippen LogP contribution in [0.5, 0.6) is 0 Å². The molecule has 7 heteroatoms. The Kier molecular flexibility index (Phi) is 7.87. The Hall–Kier alpha value is -1.25. The van der Waals surface area contributed by atoms with Crippen molar-refractivity contribution in [1.29, 1.82) is 0 Å². The number of anilines is 1. The normalized spacial score (nSPS) is 10.2. The van der Waals surface area contributed by atoms with Crippen molar-refractivity contribution < 1.29 is 14.3 Å².